The minimum atomic E-state index is -4.46. The molecule has 0 spiro atoms. The topological polar surface area (TPSA) is 94.7 Å². The van der Waals surface area contributed by atoms with Gasteiger partial charge in [0.25, 0.3) is 0 Å². The molecule has 0 saturated heterocycles. The summed E-state index contributed by atoms with van der Waals surface area (Å²) in [7, 11) is 0. The fourth-order valence-electron chi connectivity index (χ4n) is 3.07. The fourth-order valence-corrected chi connectivity index (χ4v) is 3.07. The van der Waals surface area contributed by atoms with Crippen LogP contribution in [0.1, 0.15) is 22.3 Å². The monoisotopic (exact) mass is 404 g/mol. The van der Waals surface area contributed by atoms with Crippen LogP contribution in [-0.2, 0) is 12.6 Å². The number of benzene rings is 2. The number of nitriles is 1. The highest BCUT2D eigenvalue weighted by molar-refractivity contribution is 5.88. The summed E-state index contributed by atoms with van der Waals surface area (Å²) in [5, 5.41) is 11.9. The quantitative estimate of drug-likeness (QED) is 0.567. The van der Waals surface area contributed by atoms with Gasteiger partial charge in [-0.3, -0.25) is 4.79 Å². The van der Waals surface area contributed by atoms with Gasteiger partial charge in [-0.25, -0.2) is 4.39 Å². The van der Waals surface area contributed by atoms with Gasteiger partial charge in [-0.05, 0) is 23.8 Å². The Balaban J connectivity index is 2.16. The molecule has 0 fully saturated rings. The Hall–Kier alpha value is -3.38. The summed E-state index contributed by atoms with van der Waals surface area (Å²) < 4.78 is 53.1. The molecule has 0 amide bonds. The van der Waals surface area contributed by atoms with Gasteiger partial charge in [-0.2, -0.15) is 18.4 Å². The number of nitrogens with zero attached hydrogens (tertiary/aromatic N) is 1. The van der Waals surface area contributed by atoms with Gasteiger partial charge in [-0.15, -0.1) is 0 Å². The van der Waals surface area contributed by atoms with Crippen molar-refractivity contribution in [1.29, 1.82) is 5.26 Å². The summed E-state index contributed by atoms with van der Waals surface area (Å²) in [6, 6.07) is 7.26. The van der Waals surface area contributed by atoms with Crippen molar-refractivity contribution in [3.63, 3.8) is 0 Å². The van der Waals surface area contributed by atoms with Crippen molar-refractivity contribution in [1.82, 2.24) is 4.98 Å². The van der Waals surface area contributed by atoms with E-state index in [1.807, 2.05) is 0 Å². The summed E-state index contributed by atoms with van der Waals surface area (Å²) in [6.45, 7) is 0.476. The molecule has 4 N–H and O–H groups in total. The first kappa shape index (κ1) is 20.4. The van der Waals surface area contributed by atoms with Crippen molar-refractivity contribution in [2.45, 2.75) is 12.6 Å². The molecule has 0 aliphatic carbocycles. The Morgan fingerprint density at radius 3 is 2.48 bits per heavy atom. The molecule has 29 heavy (non-hydrogen) atoms. The average molecular weight is 404 g/mol. The van der Waals surface area contributed by atoms with Gasteiger partial charge in [0, 0.05) is 31.3 Å². The zero-order chi connectivity index (χ0) is 21.2. The first-order valence-electron chi connectivity index (χ1n) is 8.63. The number of alkyl halides is 3. The van der Waals surface area contributed by atoms with Crippen LogP contribution in [0.25, 0.3) is 10.9 Å². The smallest absolute Gasteiger partial charge is 0.381 e. The molecule has 1 aromatic heterocycles. The zero-order valence-corrected chi connectivity index (χ0v) is 15.0. The van der Waals surface area contributed by atoms with E-state index in [4.69, 9.17) is 11.0 Å². The van der Waals surface area contributed by atoms with Crippen LogP contribution in [-0.4, -0.2) is 18.1 Å². The summed E-state index contributed by atoms with van der Waals surface area (Å²) in [4.78, 5) is 15.3. The fraction of sp³-hybridized carbons (Fsp3) is 0.200. The number of aromatic nitrogens is 1. The third-order valence-corrected chi connectivity index (χ3v) is 4.46. The van der Waals surface area contributed by atoms with E-state index in [0.29, 0.717) is 16.6 Å². The molecule has 3 aromatic rings. The maximum absolute atomic E-state index is 14.8. The summed E-state index contributed by atoms with van der Waals surface area (Å²) in [6.07, 6.45) is -3.18. The molecule has 0 unspecified atom stereocenters. The highest BCUT2D eigenvalue weighted by Gasteiger charge is 2.30. The normalized spacial score (nSPS) is 11.4. The lowest BCUT2D eigenvalue weighted by Crippen LogP contribution is -2.17. The lowest BCUT2D eigenvalue weighted by atomic mass is 9.97. The Morgan fingerprint density at radius 2 is 1.90 bits per heavy atom. The highest BCUT2D eigenvalue weighted by Crippen LogP contribution is 2.32. The molecule has 0 aliphatic rings. The van der Waals surface area contributed by atoms with Crippen LogP contribution in [0.15, 0.2) is 41.3 Å². The largest absolute Gasteiger partial charge is 0.416 e. The van der Waals surface area contributed by atoms with E-state index in [1.165, 1.54) is 18.3 Å². The van der Waals surface area contributed by atoms with Gasteiger partial charge < -0.3 is 16.0 Å². The summed E-state index contributed by atoms with van der Waals surface area (Å²) >= 11 is 0. The number of H-pyrrole nitrogens is 1. The summed E-state index contributed by atoms with van der Waals surface area (Å²) in [5.41, 5.74) is 5.14. The number of fused-ring (bicyclic) bond motifs is 1. The molecular weight excluding hydrogens is 388 g/mol. The van der Waals surface area contributed by atoms with Gasteiger partial charge >= 0.3 is 6.18 Å². The molecule has 0 bridgehead atoms. The Kier molecular flexibility index (Phi) is 5.57. The van der Waals surface area contributed by atoms with Crippen molar-refractivity contribution in [2.24, 2.45) is 5.73 Å². The predicted molar refractivity (Wildman–Crippen MR) is 101 cm³/mol. The van der Waals surface area contributed by atoms with E-state index in [0.717, 1.165) is 18.2 Å². The van der Waals surface area contributed by atoms with E-state index in [2.05, 4.69) is 10.3 Å². The highest BCUT2D eigenvalue weighted by atomic mass is 19.4. The lowest BCUT2D eigenvalue weighted by Gasteiger charge is -2.16. The average Bonchev–Trinajstić information content (AvgIpc) is 2.68. The number of nitrogens with two attached hydrogens (primary N) is 1. The van der Waals surface area contributed by atoms with Crippen LogP contribution in [0.3, 0.4) is 0 Å². The van der Waals surface area contributed by atoms with Gasteiger partial charge in [0.05, 0.1) is 22.2 Å². The predicted octanol–water partition coefficient (Wildman–Crippen LogP) is 3.52. The van der Waals surface area contributed by atoms with Gasteiger partial charge in [0.1, 0.15) is 17.4 Å². The first-order chi connectivity index (χ1) is 13.8. The molecule has 0 aliphatic heterocycles. The molecule has 0 radical (unpaired) electrons. The lowest BCUT2D eigenvalue weighted by molar-refractivity contribution is -0.137. The number of hydrogen-bond acceptors (Lipinski definition) is 4. The van der Waals surface area contributed by atoms with E-state index < -0.39 is 23.0 Å². The maximum atomic E-state index is 14.8. The third-order valence-electron chi connectivity index (χ3n) is 4.46. The standard InChI is InChI=1S/C20H16F4N4O/c21-16-8-15-17(28-10-12(9-26)19(15)29)14(18(16)27-6-5-25)7-11-1-3-13(4-2-11)20(22,23)24/h1-4,8,10,27H,5-7,25H2,(H,28,29). The maximum Gasteiger partial charge on any atom is 0.416 e. The van der Waals surface area contributed by atoms with Crippen LogP contribution in [0.4, 0.5) is 23.2 Å². The van der Waals surface area contributed by atoms with Gasteiger partial charge in [0.15, 0.2) is 0 Å². The van der Waals surface area contributed by atoms with E-state index in [1.54, 1.807) is 6.07 Å². The number of aromatic amines is 1. The van der Waals surface area contributed by atoms with Crippen LogP contribution in [0, 0.1) is 17.1 Å². The molecule has 5 nitrogen and oxygen atoms in total. The van der Waals surface area contributed by atoms with Crippen molar-refractivity contribution in [2.75, 3.05) is 18.4 Å². The minimum absolute atomic E-state index is 0.0123. The van der Waals surface area contributed by atoms with Crippen molar-refractivity contribution in [3.8, 4) is 6.07 Å². The molecule has 2 aromatic carbocycles. The van der Waals surface area contributed by atoms with E-state index in [9.17, 15) is 22.4 Å². The molecule has 3 rings (SSSR count). The number of rotatable bonds is 5. The number of halogens is 4. The molecule has 1 heterocycles. The van der Waals surface area contributed by atoms with Crippen LogP contribution < -0.4 is 16.5 Å². The van der Waals surface area contributed by atoms with E-state index >= 15 is 0 Å². The first-order valence-corrected chi connectivity index (χ1v) is 8.63. The molecule has 0 atom stereocenters. The Bertz CT molecular complexity index is 1140. The second kappa shape index (κ2) is 7.93. The second-order valence-electron chi connectivity index (χ2n) is 6.36. The van der Waals surface area contributed by atoms with Crippen LogP contribution >= 0.6 is 0 Å². The second-order valence-corrected chi connectivity index (χ2v) is 6.36. The molecular formula is C20H16F4N4O. The van der Waals surface area contributed by atoms with Crippen LogP contribution in [0.5, 0.6) is 0 Å². The summed E-state index contributed by atoms with van der Waals surface area (Å²) in [5.74, 6) is -0.714. The van der Waals surface area contributed by atoms with Crippen molar-refractivity contribution in [3.05, 3.63) is 74.8 Å². The Labute approximate surface area is 162 Å². The molecule has 9 heteroatoms. The SMILES string of the molecule is N#Cc1c[nH]c2c(Cc3ccc(C(F)(F)F)cc3)c(NCCN)c(F)cc2c1=O. The zero-order valence-electron chi connectivity index (χ0n) is 15.0. The van der Waals surface area contributed by atoms with Gasteiger partial charge in [0.2, 0.25) is 5.43 Å². The van der Waals surface area contributed by atoms with Crippen LogP contribution in [0.2, 0.25) is 0 Å². The van der Waals surface area contributed by atoms with Gasteiger partial charge in [-0.1, -0.05) is 12.1 Å². The molecule has 0 saturated carbocycles. The third kappa shape index (κ3) is 4.07. The number of hydrogen-bond donors (Lipinski definition) is 3. The van der Waals surface area contributed by atoms with E-state index in [-0.39, 0.29) is 36.1 Å². The Morgan fingerprint density at radius 1 is 1.21 bits per heavy atom. The molecule has 150 valence electrons. The number of pyridine rings is 1. The number of nitrogens with one attached hydrogen (secondary N) is 2. The minimum Gasteiger partial charge on any atom is -0.381 e. The number of anilines is 1. The van der Waals surface area contributed by atoms with Crippen molar-refractivity contribution < 1.29 is 17.6 Å². The van der Waals surface area contributed by atoms with Crippen molar-refractivity contribution >= 4 is 16.6 Å².